The van der Waals surface area contributed by atoms with Gasteiger partial charge in [0.25, 0.3) is 0 Å². The molecule has 0 fully saturated rings. The molecule has 66 valence electrons. The third-order valence-corrected chi connectivity index (χ3v) is 1.31. The van der Waals surface area contributed by atoms with Crippen molar-refractivity contribution in [1.29, 1.82) is 0 Å². The van der Waals surface area contributed by atoms with Gasteiger partial charge in [-0.25, -0.2) is 4.79 Å². The van der Waals surface area contributed by atoms with E-state index in [-0.39, 0.29) is 6.61 Å². The molecule has 0 aromatic rings. The summed E-state index contributed by atoms with van der Waals surface area (Å²) in [4.78, 5) is 10.7. The lowest BCUT2D eigenvalue weighted by Crippen LogP contribution is -2.15. The summed E-state index contributed by atoms with van der Waals surface area (Å²) in [5.74, 6) is -0.434. The summed E-state index contributed by atoms with van der Waals surface area (Å²) in [6.45, 7) is 3.20. The van der Waals surface area contributed by atoms with Gasteiger partial charge in [0.05, 0.1) is 6.61 Å². The minimum Gasteiger partial charge on any atom is -0.462 e. The van der Waals surface area contributed by atoms with Crippen LogP contribution in [0.5, 0.6) is 0 Å². The Bertz CT molecular complexity index is 116. The maximum Gasteiger partial charge on any atom is 0.328 e. The highest BCUT2D eigenvalue weighted by molar-refractivity contribution is 8.00. The van der Waals surface area contributed by atoms with Gasteiger partial charge in [0.2, 0.25) is 0 Å². The highest BCUT2D eigenvalue weighted by Gasteiger charge is 2.08. The van der Waals surface area contributed by atoms with Gasteiger partial charge in [-0.1, -0.05) is 0 Å². The van der Waals surface area contributed by atoms with E-state index in [0.29, 0.717) is 13.2 Å². The summed E-state index contributed by atoms with van der Waals surface area (Å²) in [5, 5.41) is 0. The molecule has 0 bridgehead atoms. The zero-order valence-corrected chi connectivity index (χ0v) is 8.11. The Morgan fingerprint density at radius 2 is 2.09 bits per heavy atom. The second-order valence-electron chi connectivity index (χ2n) is 1.74. The zero-order valence-electron chi connectivity index (χ0n) is 6.32. The number of ether oxygens (including phenoxy) is 2. The largest absolute Gasteiger partial charge is 0.462 e. The molecule has 0 unspecified atom stereocenters. The first-order chi connectivity index (χ1) is 5.18. The first-order valence-electron chi connectivity index (χ1n) is 3.29. The normalized spacial score (nSPS) is 10.2. The van der Waals surface area contributed by atoms with Crippen LogP contribution in [0.3, 0.4) is 0 Å². The Kier molecular flexibility index (Phi) is 6.90. The van der Waals surface area contributed by atoms with Crippen LogP contribution in [0.15, 0.2) is 0 Å². The predicted octanol–water partition coefficient (Wildman–Crippen LogP) is 0.752. The molecule has 0 radical (unpaired) electrons. The number of thiol groups is 2. The molecule has 0 heterocycles. The summed E-state index contributed by atoms with van der Waals surface area (Å²) >= 11 is 7.53. The molecule has 0 saturated heterocycles. The molecule has 11 heavy (non-hydrogen) atoms. The van der Waals surface area contributed by atoms with Crippen molar-refractivity contribution in [2.45, 2.75) is 11.5 Å². The van der Waals surface area contributed by atoms with E-state index in [1.54, 1.807) is 0 Å². The molecule has 5 heteroatoms. The fraction of sp³-hybridized carbons (Fsp3) is 0.833. The average molecular weight is 196 g/mol. The lowest BCUT2D eigenvalue weighted by Gasteiger charge is -2.05. The number of hydrogen-bond acceptors (Lipinski definition) is 5. The van der Waals surface area contributed by atoms with E-state index in [9.17, 15) is 4.79 Å². The molecule has 0 rings (SSSR count). The van der Waals surface area contributed by atoms with Crippen LogP contribution in [-0.4, -0.2) is 30.4 Å². The highest BCUT2D eigenvalue weighted by Crippen LogP contribution is 2.01. The van der Waals surface area contributed by atoms with Crippen LogP contribution < -0.4 is 0 Å². The Morgan fingerprint density at radius 1 is 1.45 bits per heavy atom. The van der Waals surface area contributed by atoms with Crippen LogP contribution in [0, 0.1) is 0 Å². The lowest BCUT2D eigenvalue weighted by atomic mass is 10.7. The Hall–Kier alpha value is 0.130. The molecule has 3 nitrogen and oxygen atoms in total. The molecule has 0 aliphatic carbocycles. The minimum absolute atomic E-state index is 0.268. The quantitative estimate of drug-likeness (QED) is 0.295. The smallest absolute Gasteiger partial charge is 0.328 e. The van der Waals surface area contributed by atoms with E-state index < -0.39 is 10.6 Å². The molecular weight excluding hydrogens is 184 g/mol. The number of esters is 1. The molecule has 0 N–H and O–H groups in total. The van der Waals surface area contributed by atoms with Crippen molar-refractivity contribution in [3.8, 4) is 0 Å². The number of carbonyl (C=O) groups is 1. The van der Waals surface area contributed by atoms with E-state index >= 15 is 0 Å². The topological polar surface area (TPSA) is 35.5 Å². The van der Waals surface area contributed by atoms with Crippen molar-refractivity contribution >= 4 is 31.2 Å². The predicted molar refractivity (Wildman–Crippen MR) is 49.2 cm³/mol. The Labute approximate surface area is 77.3 Å². The molecule has 0 aromatic heterocycles. The third-order valence-electron chi connectivity index (χ3n) is 0.887. The Balaban J connectivity index is 3.18. The third kappa shape index (κ3) is 6.52. The van der Waals surface area contributed by atoms with Crippen molar-refractivity contribution in [3.63, 3.8) is 0 Å². The van der Waals surface area contributed by atoms with Gasteiger partial charge < -0.3 is 9.47 Å². The van der Waals surface area contributed by atoms with Crippen LogP contribution >= 0.6 is 25.3 Å². The van der Waals surface area contributed by atoms with Crippen LogP contribution in [0.4, 0.5) is 0 Å². The van der Waals surface area contributed by atoms with Gasteiger partial charge in [0, 0.05) is 6.61 Å². The maximum atomic E-state index is 10.7. The zero-order chi connectivity index (χ0) is 8.69. The maximum absolute atomic E-state index is 10.7. The van der Waals surface area contributed by atoms with Crippen molar-refractivity contribution in [2.24, 2.45) is 0 Å². The standard InChI is InChI=1S/C6H12O3S2/c1-2-8-3-4-9-5(7)6(10)11/h6,10-11H,2-4H2,1H3. The van der Waals surface area contributed by atoms with Gasteiger partial charge in [-0.05, 0) is 6.92 Å². The minimum atomic E-state index is -0.656. The van der Waals surface area contributed by atoms with Crippen LogP contribution in [0.2, 0.25) is 0 Å². The summed E-state index contributed by atoms with van der Waals surface area (Å²) < 4.78 is 8.97. The van der Waals surface area contributed by atoms with E-state index in [1.807, 2.05) is 6.92 Å². The molecule has 0 aliphatic rings. The summed E-state index contributed by atoms with van der Waals surface area (Å²) in [7, 11) is 0. The molecular formula is C6H12O3S2. The van der Waals surface area contributed by atoms with Crippen molar-refractivity contribution in [1.82, 2.24) is 0 Å². The van der Waals surface area contributed by atoms with Gasteiger partial charge in [0.1, 0.15) is 11.2 Å². The van der Waals surface area contributed by atoms with Crippen LogP contribution in [-0.2, 0) is 14.3 Å². The van der Waals surface area contributed by atoms with E-state index in [1.165, 1.54) is 0 Å². The van der Waals surface area contributed by atoms with E-state index in [0.717, 1.165) is 0 Å². The highest BCUT2D eigenvalue weighted by atomic mass is 32.2. The fourth-order valence-electron chi connectivity index (χ4n) is 0.420. The second kappa shape index (κ2) is 6.82. The molecule has 0 amide bonds. The van der Waals surface area contributed by atoms with Gasteiger partial charge in [-0.3, -0.25) is 0 Å². The van der Waals surface area contributed by atoms with Gasteiger partial charge in [0.15, 0.2) is 0 Å². The van der Waals surface area contributed by atoms with Crippen molar-refractivity contribution in [2.75, 3.05) is 19.8 Å². The van der Waals surface area contributed by atoms with E-state index in [4.69, 9.17) is 4.74 Å². The van der Waals surface area contributed by atoms with Crippen LogP contribution in [0.25, 0.3) is 0 Å². The number of rotatable bonds is 5. The van der Waals surface area contributed by atoms with Crippen molar-refractivity contribution < 1.29 is 14.3 Å². The molecule has 0 saturated carbocycles. The Morgan fingerprint density at radius 3 is 2.55 bits per heavy atom. The number of hydrogen-bond donors (Lipinski definition) is 2. The van der Waals surface area contributed by atoms with Crippen molar-refractivity contribution in [3.05, 3.63) is 0 Å². The monoisotopic (exact) mass is 196 g/mol. The fourth-order valence-corrected chi connectivity index (χ4v) is 0.569. The van der Waals surface area contributed by atoms with Gasteiger partial charge in [-0.15, -0.1) is 0 Å². The molecule has 0 aromatic carbocycles. The van der Waals surface area contributed by atoms with Gasteiger partial charge >= 0.3 is 5.97 Å². The lowest BCUT2D eigenvalue weighted by molar-refractivity contribution is -0.142. The van der Waals surface area contributed by atoms with Crippen LogP contribution in [0.1, 0.15) is 6.92 Å². The first kappa shape index (κ1) is 11.1. The first-order valence-corrected chi connectivity index (χ1v) is 4.32. The SMILES string of the molecule is CCOCCOC(=O)C(S)S. The molecule has 0 atom stereocenters. The summed E-state index contributed by atoms with van der Waals surface area (Å²) in [5.41, 5.74) is 0. The summed E-state index contributed by atoms with van der Waals surface area (Å²) in [6.07, 6.45) is 0. The molecule has 0 aliphatic heterocycles. The average Bonchev–Trinajstić information content (AvgIpc) is 1.97. The van der Waals surface area contributed by atoms with E-state index in [2.05, 4.69) is 30.0 Å². The second-order valence-corrected chi connectivity index (χ2v) is 3.18. The summed E-state index contributed by atoms with van der Waals surface area (Å²) in [6, 6.07) is 0. The molecule has 0 spiro atoms. The number of carbonyl (C=O) groups excluding carboxylic acids is 1. The van der Waals surface area contributed by atoms with Gasteiger partial charge in [-0.2, -0.15) is 25.3 Å².